The van der Waals surface area contributed by atoms with Crippen LogP contribution in [0.15, 0.2) is 17.5 Å². The van der Waals surface area contributed by atoms with Crippen LogP contribution in [0.2, 0.25) is 0 Å². The molecule has 0 saturated carbocycles. The Labute approximate surface area is 102 Å². The molecule has 1 aliphatic heterocycles. The van der Waals surface area contributed by atoms with Crippen molar-refractivity contribution >= 4 is 11.3 Å². The van der Waals surface area contributed by atoms with Gasteiger partial charge in [-0.2, -0.15) is 0 Å². The van der Waals surface area contributed by atoms with E-state index >= 15 is 0 Å². The normalized spacial score (nSPS) is 19.8. The molecule has 0 aliphatic carbocycles. The quantitative estimate of drug-likeness (QED) is 0.853. The number of hydrogen-bond donors (Lipinski definition) is 1. The topological polar surface area (TPSA) is 21.3 Å². The second-order valence-electron chi connectivity index (χ2n) is 4.46. The second kappa shape index (κ2) is 6.38. The van der Waals surface area contributed by atoms with Crippen molar-refractivity contribution < 1.29 is 4.74 Å². The van der Waals surface area contributed by atoms with Gasteiger partial charge in [-0.05, 0) is 50.1 Å². The number of hydrogen-bond acceptors (Lipinski definition) is 3. The first-order valence-electron chi connectivity index (χ1n) is 6.17. The van der Waals surface area contributed by atoms with E-state index in [-0.39, 0.29) is 0 Å². The van der Waals surface area contributed by atoms with Gasteiger partial charge in [-0.15, -0.1) is 11.3 Å². The van der Waals surface area contributed by atoms with Crippen LogP contribution in [-0.4, -0.2) is 26.3 Å². The van der Waals surface area contributed by atoms with Crippen molar-refractivity contribution in [3.05, 3.63) is 22.4 Å². The minimum Gasteiger partial charge on any atom is -0.381 e. The third-order valence-electron chi connectivity index (χ3n) is 3.49. The van der Waals surface area contributed by atoms with Crippen LogP contribution >= 0.6 is 11.3 Å². The van der Waals surface area contributed by atoms with Crippen LogP contribution in [0.5, 0.6) is 0 Å². The van der Waals surface area contributed by atoms with Crippen LogP contribution in [-0.2, 0) is 11.2 Å². The van der Waals surface area contributed by atoms with Crippen LogP contribution in [0.1, 0.15) is 24.1 Å². The Morgan fingerprint density at radius 2 is 2.31 bits per heavy atom. The maximum absolute atomic E-state index is 5.42. The summed E-state index contributed by atoms with van der Waals surface area (Å²) in [6, 6.07) is 5.04. The Hall–Kier alpha value is -0.380. The third-order valence-corrected chi connectivity index (χ3v) is 4.42. The summed E-state index contributed by atoms with van der Waals surface area (Å²) < 4.78 is 5.42. The summed E-state index contributed by atoms with van der Waals surface area (Å²) >= 11 is 1.87. The molecule has 1 aromatic rings. The molecule has 16 heavy (non-hydrogen) atoms. The molecule has 1 N–H and O–H groups in total. The van der Waals surface area contributed by atoms with E-state index in [1.54, 1.807) is 0 Å². The fraction of sp³-hybridized carbons (Fsp3) is 0.692. The molecule has 0 bridgehead atoms. The van der Waals surface area contributed by atoms with Gasteiger partial charge in [-0.1, -0.05) is 6.07 Å². The first-order valence-corrected chi connectivity index (χ1v) is 7.05. The highest BCUT2D eigenvalue weighted by atomic mass is 32.1. The van der Waals surface area contributed by atoms with E-state index in [9.17, 15) is 0 Å². The van der Waals surface area contributed by atoms with Crippen molar-refractivity contribution in [2.24, 2.45) is 5.92 Å². The summed E-state index contributed by atoms with van der Waals surface area (Å²) in [5.41, 5.74) is 0. The first-order chi connectivity index (χ1) is 7.90. The van der Waals surface area contributed by atoms with Crippen molar-refractivity contribution in [2.75, 3.05) is 20.3 Å². The average Bonchev–Trinajstić information content (AvgIpc) is 2.84. The zero-order valence-corrected chi connectivity index (χ0v) is 10.8. The molecular formula is C13H21NOS. The van der Waals surface area contributed by atoms with Crippen LogP contribution < -0.4 is 5.32 Å². The summed E-state index contributed by atoms with van der Waals surface area (Å²) in [5.74, 6) is 0.804. The fourth-order valence-corrected chi connectivity index (χ4v) is 3.21. The molecule has 2 heterocycles. The number of aryl methyl sites for hydroxylation is 1. The molecule has 1 aliphatic rings. The van der Waals surface area contributed by atoms with Gasteiger partial charge in [0, 0.05) is 24.1 Å². The Morgan fingerprint density at radius 3 is 2.94 bits per heavy atom. The van der Waals surface area contributed by atoms with Gasteiger partial charge in [0.25, 0.3) is 0 Å². The molecule has 3 heteroatoms. The zero-order chi connectivity index (χ0) is 11.2. The third kappa shape index (κ3) is 3.30. The number of ether oxygens (including phenoxy) is 1. The van der Waals surface area contributed by atoms with E-state index in [0.29, 0.717) is 6.04 Å². The standard InChI is InChI=1S/C13H21NOS/c1-14-13(11-6-8-15-9-7-11)5-4-12-3-2-10-16-12/h2-3,10-11,13-14H,4-9H2,1H3. The van der Waals surface area contributed by atoms with Crippen molar-refractivity contribution in [1.82, 2.24) is 5.32 Å². The SMILES string of the molecule is CNC(CCc1cccs1)C1CCOCC1. The number of rotatable bonds is 5. The summed E-state index contributed by atoms with van der Waals surface area (Å²) in [6.45, 7) is 1.89. The molecule has 0 spiro atoms. The Balaban J connectivity index is 1.80. The molecule has 1 aromatic heterocycles. The van der Waals surface area contributed by atoms with Crippen molar-refractivity contribution in [3.8, 4) is 0 Å². The Kier molecular flexibility index (Phi) is 4.82. The van der Waals surface area contributed by atoms with E-state index in [1.165, 1.54) is 30.6 Å². The fourth-order valence-electron chi connectivity index (χ4n) is 2.49. The monoisotopic (exact) mass is 239 g/mol. The second-order valence-corrected chi connectivity index (χ2v) is 5.50. The summed E-state index contributed by atoms with van der Waals surface area (Å²) in [4.78, 5) is 1.51. The predicted molar refractivity (Wildman–Crippen MR) is 69.0 cm³/mol. The predicted octanol–water partition coefficient (Wildman–Crippen LogP) is 2.70. The molecule has 0 radical (unpaired) electrons. The maximum atomic E-state index is 5.42. The molecule has 0 amide bonds. The zero-order valence-electron chi connectivity index (χ0n) is 9.95. The lowest BCUT2D eigenvalue weighted by Crippen LogP contribution is -2.37. The molecule has 2 rings (SSSR count). The highest BCUT2D eigenvalue weighted by Crippen LogP contribution is 2.22. The van der Waals surface area contributed by atoms with Crippen molar-refractivity contribution in [2.45, 2.75) is 31.7 Å². The smallest absolute Gasteiger partial charge is 0.0469 e. The van der Waals surface area contributed by atoms with Gasteiger partial charge in [0.1, 0.15) is 0 Å². The first kappa shape index (κ1) is 12.1. The summed E-state index contributed by atoms with van der Waals surface area (Å²) in [5, 5.41) is 5.65. The van der Waals surface area contributed by atoms with Gasteiger partial charge >= 0.3 is 0 Å². The lowest BCUT2D eigenvalue weighted by molar-refractivity contribution is 0.0537. The van der Waals surface area contributed by atoms with E-state index in [4.69, 9.17) is 4.74 Å². The van der Waals surface area contributed by atoms with E-state index in [1.807, 2.05) is 11.3 Å². The number of thiophene rings is 1. The highest BCUT2D eigenvalue weighted by Gasteiger charge is 2.22. The van der Waals surface area contributed by atoms with Gasteiger partial charge in [-0.3, -0.25) is 0 Å². The summed E-state index contributed by atoms with van der Waals surface area (Å²) in [7, 11) is 2.09. The molecule has 1 unspecified atom stereocenters. The molecule has 90 valence electrons. The van der Waals surface area contributed by atoms with Gasteiger partial charge in [0.15, 0.2) is 0 Å². The van der Waals surface area contributed by atoms with E-state index < -0.39 is 0 Å². The Bertz CT molecular complexity index is 280. The van der Waals surface area contributed by atoms with Crippen molar-refractivity contribution in [1.29, 1.82) is 0 Å². The van der Waals surface area contributed by atoms with E-state index in [0.717, 1.165) is 19.1 Å². The van der Waals surface area contributed by atoms with Gasteiger partial charge < -0.3 is 10.1 Å². The lowest BCUT2D eigenvalue weighted by Gasteiger charge is -2.30. The van der Waals surface area contributed by atoms with E-state index in [2.05, 4.69) is 29.9 Å². The molecule has 2 nitrogen and oxygen atoms in total. The molecular weight excluding hydrogens is 218 g/mol. The minimum absolute atomic E-state index is 0.658. The highest BCUT2D eigenvalue weighted by molar-refractivity contribution is 7.09. The maximum Gasteiger partial charge on any atom is 0.0469 e. The van der Waals surface area contributed by atoms with Crippen LogP contribution in [0.4, 0.5) is 0 Å². The van der Waals surface area contributed by atoms with Gasteiger partial charge in [-0.25, -0.2) is 0 Å². The van der Waals surface area contributed by atoms with Crippen LogP contribution in [0, 0.1) is 5.92 Å². The lowest BCUT2D eigenvalue weighted by atomic mass is 9.89. The molecule has 1 fully saturated rings. The molecule has 0 aromatic carbocycles. The Morgan fingerprint density at radius 1 is 1.50 bits per heavy atom. The summed E-state index contributed by atoms with van der Waals surface area (Å²) in [6.07, 6.45) is 4.90. The largest absolute Gasteiger partial charge is 0.381 e. The van der Waals surface area contributed by atoms with Crippen molar-refractivity contribution in [3.63, 3.8) is 0 Å². The number of nitrogens with one attached hydrogen (secondary N) is 1. The minimum atomic E-state index is 0.658. The van der Waals surface area contributed by atoms with Crippen LogP contribution in [0.25, 0.3) is 0 Å². The van der Waals surface area contributed by atoms with Gasteiger partial charge in [0.05, 0.1) is 0 Å². The molecule has 1 saturated heterocycles. The molecule has 1 atom stereocenters. The van der Waals surface area contributed by atoms with Crippen LogP contribution in [0.3, 0.4) is 0 Å². The average molecular weight is 239 g/mol. The van der Waals surface area contributed by atoms with Gasteiger partial charge in [0.2, 0.25) is 0 Å².